The Hall–Kier alpha value is -1.14. The molecule has 3 rings (SSSR count). The fraction of sp³-hybridized carbons (Fsp3) is 0.846. The van der Waals surface area contributed by atoms with Crippen LogP contribution >= 0.6 is 0 Å². The van der Waals surface area contributed by atoms with Gasteiger partial charge in [0.25, 0.3) is 5.91 Å². The minimum Gasteiger partial charge on any atom is -0.387 e. The average Bonchev–Trinajstić information content (AvgIpc) is 2.98. The Labute approximate surface area is 113 Å². The molecular formula is C13H21N3O3. The molecule has 3 heterocycles. The minimum absolute atomic E-state index is 0.00535. The van der Waals surface area contributed by atoms with Gasteiger partial charge in [-0.3, -0.25) is 4.79 Å². The lowest BCUT2D eigenvalue weighted by molar-refractivity contribution is -0.136. The number of rotatable bonds is 1. The first kappa shape index (κ1) is 12.9. The third-order valence-electron chi connectivity index (χ3n) is 4.00. The van der Waals surface area contributed by atoms with Crippen molar-refractivity contribution in [2.45, 2.75) is 44.5 Å². The first-order valence-corrected chi connectivity index (χ1v) is 6.98. The van der Waals surface area contributed by atoms with Crippen LogP contribution in [0, 0.1) is 0 Å². The highest BCUT2D eigenvalue weighted by Gasteiger charge is 2.44. The van der Waals surface area contributed by atoms with Crippen molar-refractivity contribution < 1.29 is 14.4 Å². The van der Waals surface area contributed by atoms with Crippen LogP contribution < -0.4 is 5.32 Å². The van der Waals surface area contributed by atoms with Crippen LogP contribution in [0.2, 0.25) is 0 Å². The molecular weight excluding hydrogens is 246 g/mol. The second-order valence-corrected chi connectivity index (χ2v) is 5.88. The summed E-state index contributed by atoms with van der Waals surface area (Å²) >= 11 is 0. The molecule has 3 atom stereocenters. The van der Waals surface area contributed by atoms with Crippen molar-refractivity contribution >= 4 is 11.6 Å². The SMILES string of the molecule is CC1CN(C(=O)C2=NOC3(CCNC3)C2)CC(C)O1. The molecule has 19 heavy (non-hydrogen) atoms. The Morgan fingerprint density at radius 1 is 1.42 bits per heavy atom. The molecule has 6 heteroatoms. The molecule has 0 aromatic carbocycles. The summed E-state index contributed by atoms with van der Waals surface area (Å²) in [7, 11) is 0. The van der Waals surface area contributed by atoms with Gasteiger partial charge >= 0.3 is 0 Å². The zero-order valence-corrected chi connectivity index (χ0v) is 11.5. The van der Waals surface area contributed by atoms with Crippen molar-refractivity contribution in [3.63, 3.8) is 0 Å². The summed E-state index contributed by atoms with van der Waals surface area (Å²) < 4.78 is 5.65. The Balaban J connectivity index is 1.64. The Morgan fingerprint density at radius 3 is 2.79 bits per heavy atom. The van der Waals surface area contributed by atoms with E-state index in [-0.39, 0.29) is 23.7 Å². The molecule has 3 unspecified atom stereocenters. The number of carbonyl (C=O) groups is 1. The van der Waals surface area contributed by atoms with Crippen LogP contribution in [0.3, 0.4) is 0 Å². The molecule has 3 aliphatic heterocycles. The maximum atomic E-state index is 12.5. The van der Waals surface area contributed by atoms with Crippen molar-refractivity contribution in [1.29, 1.82) is 0 Å². The highest BCUT2D eigenvalue weighted by Crippen LogP contribution is 2.30. The smallest absolute Gasteiger partial charge is 0.271 e. The van der Waals surface area contributed by atoms with Gasteiger partial charge in [-0.15, -0.1) is 0 Å². The van der Waals surface area contributed by atoms with Gasteiger partial charge in [0.1, 0.15) is 5.71 Å². The predicted octanol–water partition coefficient (Wildman–Crippen LogP) is 0.131. The van der Waals surface area contributed by atoms with Gasteiger partial charge in [0, 0.05) is 32.5 Å². The summed E-state index contributed by atoms with van der Waals surface area (Å²) in [5, 5.41) is 7.31. The van der Waals surface area contributed by atoms with E-state index in [1.165, 1.54) is 0 Å². The van der Waals surface area contributed by atoms with E-state index in [0.717, 1.165) is 19.5 Å². The summed E-state index contributed by atoms with van der Waals surface area (Å²) in [5.41, 5.74) is 0.291. The van der Waals surface area contributed by atoms with Crippen molar-refractivity contribution in [1.82, 2.24) is 10.2 Å². The van der Waals surface area contributed by atoms with Gasteiger partial charge in [-0.05, 0) is 20.4 Å². The van der Waals surface area contributed by atoms with Gasteiger partial charge in [0.2, 0.25) is 0 Å². The standard InChI is InChI=1S/C13H21N3O3/c1-9-6-16(7-10(2)18-9)12(17)11-5-13(19-15-11)3-4-14-8-13/h9-10,14H,3-8H2,1-2H3. The Kier molecular flexibility index (Phi) is 3.22. The lowest BCUT2D eigenvalue weighted by Gasteiger charge is -2.35. The van der Waals surface area contributed by atoms with E-state index in [1.807, 2.05) is 18.7 Å². The zero-order valence-electron chi connectivity index (χ0n) is 11.5. The fourth-order valence-electron chi connectivity index (χ4n) is 3.11. The number of nitrogens with one attached hydrogen (secondary N) is 1. The monoisotopic (exact) mass is 267 g/mol. The summed E-state index contributed by atoms with van der Waals surface area (Å²) in [6.45, 7) is 6.96. The Morgan fingerprint density at radius 2 is 2.16 bits per heavy atom. The van der Waals surface area contributed by atoms with E-state index < -0.39 is 0 Å². The lowest BCUT2D eigenvalue weighted by Crippen LogP contribution is -2.50. The molecule has 0 bridgehead atoms. The zero-order chi connectivity index (χ0) is 13.5. The normalized spacial score (nSPS) is 38.4. The molecule has 3 aliphatic rings. The number of oxime groups is 1. The quantitative estimate of drug-likeness (QED) is 0.733. The third kappa shape index (κ3) is 2.47. The van der Waals surface area contributed by atoms with E-state index in [2.05, 4.69) is 10.5 Å². The second kappa shape index (κ2) is 4.76. The van der Waals surface area contributed by atoms with E-state index >= 15 is 0 Å². The number of hydrogen-bond donors (Lipinski definition) is 1. The van der Waals surface area contributed by atoms with Crippen LogP contribution in [0.15, 0.2) is 5.16 Å². The third-order valence-corrected chi connectivity index (χ3v) is 4.00. The molecule has 0 aliphatic carbocycles. The van der Waals surface area contributed by atoms with Crippen LogP contribution in [-0.4, -0.2) is 60.5 Å². The fourth-order valence-corrected chi connectivity index (χ4v) is 3.11. The van der Waals surface area contributed by atoms with Gasteiger partial charge in [-0.25, -0.2) is 0 Å². The van der Waals surface area contributed by atoms with Gasteiger partial charge in [0.15, 0.2) is 5.60 Å². The molecule has 2 fully saturated rings. The summed E-state index contributed by atoms with van der Waals surface area (Å²) in [6, 6.07) is 0. The number of amides is 1. The van der Waals surface area contributed by atoms with Crippen molar-refractivity contribution in [2.75, 3.05) is 26.2 Å². The average molecular weight is 267 g/mol. The molecule has 1 N–H and O–H groups in total. The molecule has 6 nitrogen and oxygen atoms in total. The molecule has 1 spiro atoms. The molecule has 0 saturated carbocycles. The topological polar surface area (TPSA) is 63.2 Å². The van der Waals surface area contributed by atoms with Crippen LogP contribution in [0.1, 0.15) is 26.7 Å². The Bertz CT molecular complexity index is 394. The van der Waals surface area contributed by atoms with E-state index in [9.17, 15) is 4.79 Å². The highest BCUT2D eigenvalue weighted by atomic mass is 16.7. The van der Waals surface area contributed by atoms with Crippen LogP contribution in [0.5, 0.6) is 0 Å². The molecule has 106 valence electrons. The van der Waals surface area contributed by atoms with Crippen LogP contribution in [-0.2, 0) is 14.4 Å². The number of nitrogens with zero attached hydrogens (tertiary/aromatic N) is 2. The lowest BCUT2D eigenvalue weighted by atomic mass is 9.96. The number of carbonyl (C=O) groups excluding carboxylic acids is 1. The first-order valence-electron chi connectivity index (χ1n) is 6.98. The molecule has 2 saturated heterocycles. The van der Waals surface area contributed by atoms with Crippen molar-refractivity contribution in [3.8, 4) is 0 Å². The summed E-state index contributed by atoms with van der Waals surface area (Å²) in [6.07, 6.45) is 1.71. The maximum Gasteiger partial charge on any atom is 0.271 e. The van der Waals surface area contributed by atoms with Crippen LogP contribution in [0.25, 0.3) is 0 Å². The van der Waals surface area contributed by atoms with E-state index in [0.29, 0.717) is 25.2 Å². The van der Waals surface area contributed by atoms with Gasteiger partial charge < -0.3 is 19.8 Å². The van der Waals surface area contributed by atoms with Crippen molar-refractivity contribution in [2.24, 2.45) is 5.16 Å². The molecule has 0 radical (unpaired) electrons. The molecule has 1 amide bonds. The predicted molar refractivity (Wildman–Crippen MR) is 69.9 cm³/mol. The number of hydrogen-bond acceptors (Lipinski definition) is 5. The number of ether oxygens (including phenoxy) is 1. The van der Waals surface area contributed by atoms with Gasteiger partial charge in [-0.1, -0.05) is 5.16 Å². The molecule has 0 aromatic heterocycles. The first-order chi connectivity index (χ1) is 9.08. The van der Waals surface area contributed by atoms with E-state index in [1.54, 1.807) is 0 Å². The largest absolute Gasteiger partial charge is 0.387 e. The van der Waals surface area contributed by atoms with Gasteiger partial charge in [0.05, 0.1) is 12.2 Å². The van der Waals surface area contributed by atoms with Gasteiger partial charge in [-0.2, -0.15) is 0 Å². The second-order valence-electron chi connectivity index (χ2n) is 5.88. The minimum atomic E-state index is -0.269. The highest BCUT2D eigenvalue weighted by molar-refractivity contribution is 6.39. The van der Waals surface area contributed by atoms with E-state index in [4.69, 9.17) is 9.57 Å². The number of morpholine rings is 1. The van der Waals surface area contributed by atoms with Crippen LogP contribution in [0.4, 0.5) is 0 Å². The summed E-state index contributed by atoms with van der Waals surface area (Å²) in [4.78, 5) is 19.8. The summed E-state index contributed by atoms with van der Waals surface area (Å²) in [5.74, 6) is 0.00535. The maximum absolute atomic E-state index is 12.5. The molecule has 0 aromatic rings. The van der Waals surface area contributed by atoms with Crippen molar-refractivity contribution in [3.05, 3.63) is 0 Å².